The third-order valence-corrected chi connectivity index (χ3v) is 2.93. The highest BCUT2D eigenvalue weighted by atomic mass is 35.5. The maximum Gasteiger partial charge on any atom is 0.293 e. The van der Waals surface area contributed by atoms with E-state index in [2.05, 4.69) is 15.6 Å². The molecule has 0 saturated heterocycles. The van der Waals surface area contributed by atoms with Gasteiger partial charge in [-0.05, 0) is 18.2 Å². The molecule has 0 aliphatic heterocycles. The Morgan fingerprint density at radius 1 is 1.33 bits per heavy atom. The molecular formula is C13H11ClN4O3. The first kappa shape index (κ1) is 14.7. The first-order valence-electron chi connectivity index (χ1n) is 5.91. The average Bonchev–Trinajstić information content (AvgIpc) is 2.48. The highest BCUT2D eigenvalue weighted by molar-refractivity contribution is 6.30. The topological polar surface area (TPSA) is 97.2 Å². The van der Waals surface area contributed by atoms with Crippen molar-refractivity contribution in [1.29, 1.82) is 0 Å². The maximum absolute atomic E-state index is 12.2. The van der Waals surface area contributed by atoms with Crippen LogP contribution in [0.15, 0.2) is 36.5 Å². The van der Waals surface area contributed by atoms with Crippen LogP contribution >= 0.6 is 11.6 Å². The molecule has 2 rings (SSSR count). The number of pyridine rings is 1. The molecule has 0 spiro atoms. The van der Waals surface area contributed by atoms with Crippen LogP contribution in [0.5, 0.6) is 0 Å². The van der Waals surface area contributed by atoms with E-state index in [-0.39, 0.29) is 16.9 Å². The Labute approximate surface area is 125 Å². The van der Waals surface area contributed by atoms with Crippen molar-refractivity contribution in [1.82, 2.24) is 4.98 Å². The van der Waals surface area contributed by atoms with Gasteiger partial charge in [0, 0.05) is 19.3 Å². The van der Waals surface area contributed by atoms with Crippen LogP contribution in [0.4, 0.5) is 17.2 Å². The fraction of sp³-hybridized carbons (Fsp3) is 0.0769. The van der Waals surface area contributed by atoms with Crippen molar-refractivity contribution >= 4 is 34.7 Å². The number of nitrogens with zero attached hydrogens (tertiary/aromatic N) is 2. The summed E-state index contributed by atoms with van der Waals surface area (Å²) < 4.78 is 0. The Balaban J connectivity index is 2.33. The summed E-state index contributed by atoms with van der Waals surface area (Å²) in [6, 6.07) is 7.38. The maximum atomic E-state index is 12.2. The quantitative estimate of drug-likeness (QED) is 0.668. The second-order valence-corrected chi connectivity index (χ2v) is 4.46. The summed E-state index contributed by atoms with van der Waals surface area (Å²) in [5.74, 6) is -0.198. The molecule has 2 aromatic rings. The molecular weight excluding hydrogens is 296 g/mol. The summed E-state index contributed by atoms with van der Waals surface area (Å²) in [5, 5.41) is 16.6. The van der Waals surface area contributed by atoms with Crippen LogP contribution in [0.3, 0.4) is 0 Å². The first-order valence-corrected chi connectivity index (χ1v) is 6.29. The Morgan fingerprint density at radius 3 is 2.67 bits per heavy atom. The van der Waals surface area contributed by atoms with Crippen LogP contribution in [0.2, 0.25) is 5.02 Å². The molecule has 0 atom stereocenters. The summed E-state index contributed by atoms with van der Waals surface area (Å²) in [4.78, 5) is 26.6. The van der Waals surface area contributed by atoms with E-state index in [4.69, 9.17) is 11.6 Å². The Bertz CT molecular complexity index is 688. The van der Waals surface area contributed by atoms with Gasteiger partial charge in [-0.15, -0.1) is 0 Å². The minimum atomic E-state index is -0.552. The molecule has 2 N–H and O–H groups in total. The van der Waals surface area contributed by atoms with Gasteiger partial charge in [0.15, 0.2) is 0 Å². The van der Waals surface area contributed by atoms with Gasteiger partial charge in [0.1, 0.15) is 11.5 Å². The van der Waals surface area contributed by atoms with Crippen molar-refractivity contribution in [3.63, 3.8) is 0 Å². The van der Waals surface area contributed by atoms with Crippen LogP contribution in [-0.2, 0) is 0 Å². The third-order valence-electron chi connectivity index (χ3n) is 2.70. The first-order chi connectivity index (χ1) is 10.0. The predicted molar refractivity (Wildman–Crippen MR) is 79.8 cm³/mol. The molecule has 0 saturated carbocycles. The van der Waals surface area contributed by atoms with Crippen molar-refractivity contribution in [2.45, 2.75) is 0 Å². The lowest BCUT2D eigenvalue weighted by Crippen LogP contribution is -2.15. The largest absolute Gasteiger partial charge is 0.382 e. The monoisotopic (exact) mass is 306 g/mol. The van der Waals surface area contributed by atoms with Crippen LogP contribution in [0.1, 0.15) is 10.4 Å². The number of hydrogen-bond acceptors (Lipinski definition) is 5. The molecule has 7 nitrogen and oxygen atoms in total. The number of benzene rings is 1. The smallest absolute Gasteiger partial charge is 0.293 e. The number of hydrogen-bond donors (Lipinski definition) is 2. The zero-order chi connectivity index (χ0) is 15.4. The number of nitro benzene ring substituents is 1. The number of carbonyl (C=O) groups excluding carboxylic acids is 1. The zero-order valence-corrected chi connectivity index (χ0v) is 11.7. The number of carbonyl (C=O) groups is 1. The lowest BCUT2D eigenvalue weighted by molar-refractivity contribution is -0.384. The SMILES string of the molecule is CNc1c(C(=O)Nc2ccc(Cl)cn2)cccc1[N+](=O)[O-]. The third kappa shape index (κ3) is 3.26. The van der Waals surface area contributed by atoms with Crippen LogP contribution in [0.25, 0.3) is 0 Å². The van der Waals surface area contributed by atoms with Gasteiger partial charge in [-0.1, -0.05) is 17.7 Å². The van der Waals surface area contributed by atoms with Gasteiger partial charge in [0.2, 0.25) is 0 Å². The van der Waals surface area contributed by atoms with Crippen molar-refractivity contribution in [2.75, 3.05) is 17.7 Å². The van der Waals surface area contributed by atoms with E-state index >= 15 is 0 Å². The van der Waals surface area contributed by atoms with Gasteiger partial charge in [-0.3, -0.25) is 14.9 Å². The Morgan fingerprint density at radius 2 is 2.10 bits per heavy atom. The fourth-order valence-electron chi connectivity index (χ4n) is 1.78. The van der Waals surface area contributed by atoms with E-state index in [9.17, 15) is 14.9 Å². The van der Waals surface area contributed by atoms with E-state index in [1.807, 2.05) is 0 Å². The standard InChI is InChI=1S/C13H11ClN4O3/c1-15-12-9(3-2-4-10(12)18(20)21)13(19)17-11-6-5-8(14)7-16-11/h2-7,15H,1H3,(H,16,17,19). The molecule has 0 aliphatic carbocycles. The number of nitro groups is 1. The molecule has 1 amide bonds. The summed E-state index contributed by atoms with van der Waals surface area (Å²) in [7, 11) is 1.51. The summed E-state index contributed by atoms with van der Waals surface area (Å²) in [5.41, 5.74) is 0.131. The minimum absolute atomic E-state index is 0.147. The molecule has 1 heterocycles. The highest BCUT2D eigenvalue weighted by Crippen LogP contribution is 2.28. The molecule has 108 valence electrons. The Hall–Kier alpha value is -2.67. The van der Waals surface area contributed by atoms with Crippen LogP contribution in [0, 0.1) is 10.1 Å². The van der Waals surface area contributed by atoms with Gasteiger partial charge >= 0.3 is 0 Å². The minimum Gasteiger partial charge on any atom is -0.382 e. The molecule has 1 aromatic carbocycles. The number of rotatable bonds is 4. The van der Waals surface area contributed by atoms with Gasteiger partial charge in [-0.25, -0.2) is 4.98 Å². The molecule has 1 aromatic heterocycles. The van der Waals surface area contributed by atoms with Crippen LogP contribution < -0.4 is 10.6 Å². The molecule has 0 radical (unpaired) electrons. The molecule has 0 bridgehead atoms. The van der Waals surface area contributed by atoms with Gasteiger partial charge in [-0.2, -0.15) is 0 Å². The summed E-state index contributed by atoms with van der Waals surface area (Å²) >= 11 is 5.71. The molecule has 8 heteroatoms. The van der Waals surface area contributed by atoms with E-state index < -0.39 is 10.8 Å². The molecule has 0 unspecified atom stereocenters. The Kier molecular flexibility index (Phi) is 4.34. The van der Waals surface area contributed by atoms with E-state index in [1.54, 1.807) is 6.07 Å². The molecule has 21 heavy (non-hydrogen) atoms. The lowest BCUT2D eigenvalue weighted by atomic mass is 10.1. The second kappa shape index (κ2) is 6.19. The molecule has 0 aliphatic rings. The predicted octanol–water partition coefficient (Wildman–Crippen LogP) is 2.94. The number of amides is 1. The van der Waals surface area contributed by atoms with Gasteiger partial charge in [0.05, 0.1) is 15.5 Å². The van der Waals surface area contributed by atoms with E-state index in [1.165, 1.54) is 37.5 Å². The highest BCUT2D eigenvalue weighted by Gasteiger charge is 2.20. The second-order valence-electron chi connectivity index (χ2n) is 4.02. The van der Waals surface area contributed by atoms with Gasteiger partial charge in [0.25, 0.3) is 11.6 Å². The zero-order valence-electron chi connectivity index (χ0n) is 11.0. The normalized spacial score (nSPS) is 10.0. The van der Waals surface area contributed by atoms with E-state index in [0.717, 1.165) is 0 Å². The number of anilines is 2. The van der Waals surface area contributed by atoms with Gasteiger partial charge < -0.3 is 10.6 Å². The molecule has 0 fully saturated rings. The number of nitrogens with one attached hydrogen (secondary N) is 2. The average molecular weight is 307 g/mol. The summed E-state index contributed by atoms with van der Waals surface area (Å²) in [6.07, 6.45) is 1.39. The van der Waals surface area contributed by atoms with Crippen molar-refractivity contribution in [3.05, 3.63) is 57.2 Å². The van der Waals surface area contributed by atoms with Crippen molar-refractivity contribution in [2.24, 2.45) is 0 Å². The number of halogens is 1. The number of aromatic nitrogens is 1. The lowest BCUT2D eigenvalue weighted by Gasteiger charge is -2.09. The van der Waals surface area contributed by atoms with Crippen LogP contribution in [-0.4, -0.2) is 22.9 Å². The summed E-state index contributed by atoms with van der Waals surface area (Å²) in [6.45, 7) is 0. The van der Waals surface area contributed by atoms with E-state index in [0.29, 0.717) is 10.8 Å². The fourth-order valence-corrected chi connectivity index (χ4v) is 1.89. The number of para-hydroxylation sites is 1. The van der Waals surface area contributed by atoms with Crippen molar-refractivity contribution < 1.29 is 9.72 Å². The van der Waals surface area contributed by atoms with Crippen molar-refractivity contribution in [3.8, 4) is 0 Å².